The number of primary sulfonamides is 1. The van der Waals surface area contributed by atoms with Crippen LogP contribution < -0.4 is 15.8 Å². The Morgan fingerprint density at radius 1 is 1.33 bits per heavy atom. The van der Waals surface area contributed by atoms with Crippen LogP contribution in [0.2, 0.25) is 0 Å². The molecule has 10 heteroatoms. The molecule has 130 valence electrons. The molecular weight excluding hydrogens is 336 g/mol. The number of amides is 1. The zero-order valence-electron chi connectivity index (χ0n) is 13.1. The van der Waals surface area contributed by atoms with Crippen LogP contribution in [0.1, 0.15) is 0 Å². The molecule has 0 aliphatic carbocycles. The van der Waals surface area contributed by atoms with Crippen molar-refractivity contribution in [1.82, 2.24) is 5.32 Å². The molecule has 0 aliphatic rings. The monoisotopic (exact) mass is 354 g/mol. The topological polar surface area (TPSA) is 144 Å². The molecule has 4 N–H and O–H groups in total. The third-order valence-electron chi connectivity index (χ3n) is 2.86. The molecule has 0 spiro atoms. The van der Waals surface area contributed by atoms with Crippen LogP contribution in [0.15, 0.2) is 40.9 Å². The van der Waals surface area contributed by atoms with E-state index in [0.717, 1.165) is 0 Å². The number of carbonyl (C=O) groups is 1. The highest BCUT2D eigenvalue weighted by Crippen LogP contribution is 2.13. The first kappa shape index (κ1) is 19.6. The van der Waals surface area contributed by atoms with Crippen molar-refractivity contribution in [1.29, 1.82) is 5.26 Å². The second-order valence-electron chi connectivity index (χ2n) is 4.50. The number of sulfonamides is 1. The van der Waals surface area contributed by atoms with E-state index < -0.39 is 22.2 Å². The number of carbonyl (C=O) groups excluding carboxylic acids is 1. The van der Waals surface area contributed by atoms with E-state index in [1.165, 1.54) is 44.7 Å². The minimum absolute atomic E-state index is 0.0802. The molecule has 0 aliphatic heterocycles. The summed E-state index contributed by atoms with van der Waals surface area (Å²) in [4.78, 5) is 11.9. The molecule has 0 fully saturated rings. The van der Waals surface area contributed by atoms with Gasteiger partial charge in [0, 0.05) is 26.1 Å². The van der Waals surface area contributed by atoms with Gasteiger partial charge in [-0.2, -0.15) is 5.26 Å². The number of anilines is 1. The first-order chi connectivity index (χ1) is 11.3. The second-order valence-corrected chi connectivity index (χ2v) is 6.06. The number of ether oxygens (including phenoxy) is 2. The summed E-state index contributed by atoms with van der Waals surface area (Å²) in [7, 11) is -0.883. The van der Waals surface area contributed by atoms with E-state index in [1.54, 1.807) is 6.07 Å². The van der Waals surface area contributed by atoms with E-state index in [0.29, 0.717) is 5.69 Å². The van der Waals surface area contributed by atoms with Gasteiger partial charge in [-0.25, -0.2) is 13.6 Å². The molecular formula is C14H18N4O5S. The SMILES string of the molecule is COC(CN/C=C(/C#N)C(=O)Nc1ccc(S(N)(=O)=O)cc1)OC. The zero-order valence-corrected chi connectivity index (χ0v) is 14.0. The molecule has 0 saturated heterocycles. The van der Waals surface area contributed by atoms with Gasteiger partial charge >= 0.3 is 0 Å². The van der Waals surface area contributed by atoms with E-state index in [2.05, 4.69) is 10.6 Å². The summed E-state index contributed by atoms with van der Waals surface area (Å²) in [6.45, 7) is 0.245. The Morgan fingerprint density at radius 2 is 1.92 bits per heavy atom. The van der Waals surface area contributed by atoms with E-state index in [-0.39, 0.29) is 17.0 Å². The van der Waals surface area contributed by atoms with Crippen LogP contribution >= 0.6 is 0 Å². The zero-order chi connectivity index (χ0) is 18.2. The lowest BCUT2D eigenvalue weighted by Crippen LogP contribution is -2.27. The Bertz CT molecular complexity index is 733. The minimum Gasteiger partial charge on any atom is -0.385 e. The van der Waals surface area contributed by atoms with Crippen LogP contribution in [-0.4, -0.2) is 41.4 Å². The van der Waals surface area contributed by atoms with Gasteiger partial charge in [0.05, 0.1) is 11.4 Å². The number of methoxy groups -OCH3 is 2. The van der Waals surface area contributed by atoms with Crippen molar-refractivity contribution in [2.45, 2.75) is 11.2 Å². The van der Waals surface area contributed by atoms with Crippen molar-refractivity contribution < 1.29 is 22.7 Å². The van der Waals surface area contributed by atoms with Crippen molar-refractivity contribution in [3.8, 4) is 6.07 Å². The van der Waals surface area contributed by atoms with Crippen molar-refractivity contribution >= 4 is 21.6 Å². The van der Waals surface area contributed by atoms with Crippen LogP contribution in [0.4, 0.5) is 5.69 Å². The third-order valence-corrected chi connectivity index (χ3v) is 3.79. The molecule has 0 unspecified atom stereocenters. The quantitative estimate of drug-likeness (QED) is 0.335. The molecule has 0 radical (unpaired) electrons. The predicted octanol–water partition coefficient (Wildman–Crippen LogP) is -0.112. The average Bonchev–Trinajstić information content (AvgIpc) is 2.54. The molecule has 1 aromatic rings. The number of rotatable bonds is 8. The van der Waals surface area contributed by atoms with Gasteiger partial charge in [0.25, 0.3) is 5.91 Å². The van der Waals surface area contributed by atoms with E-state index in [1.807, 2.05) is 0 Å². The van der Waals surface area contributed by atoms with Crippen molar-refractivity contribution in [3.05, 3.63) is 36.0 Å². The second kappa shape index (κ2) is 8.99. The van der Waals surface area contributed by atoms with Crippen molar-refractivity contribution in [2.75, 3.05) is 26.1 Å². The number of hydrogen-bond acceptors (Lipinski definition) is 7. The first-order valence-electron chi connectivity index (χ1n) is 6.65. The summed E-state index contributed by atoms with van der Waals surface area (Å²) in [5.74, 6) is -0.653. The van der Waals surface area contributed by atoms with Crippen molar-refractivity contribution in [3.63, 3.8) is 0 Å². The van der Waals surface area contributed by atoms with Crippen LogP contribution in [0.3, 0.4) is 0 Å². The standard InChI is InChI=1S/C14H18N4O5S/c1-22-13(23-2)9-17-8-10(7-15)14(19)18-11-3-5-12(6-4-11)24(16,20)21/h3-6,8,13,17H,9H2,1-2H3,(H,18,19)(H2,16,20,21)/b10-8-. The summed E-state index contributed by atoms with van der Waals surface area (Å²) < 4.78 is 32.2. The summed E-state index contributed by atoms with van der Waals surface area (Å²) in [5, 5.41) is 19.2. The first-order valence-corrected chi connectivity index (χ1v) is 8.20. The Balaban J connectivity index is 2.72. The smallest absolute Gasteiger partial charge is 0.267 e. The molecule has 0 atom stereocenters. The predicted molar refractivity (Wildman–Crippen MR) is 85.9 cm³/mol. The van der Waals surface area contributed by atoms with Gasteiger partial charge in [-0.1, -0.05) is 0 Å². The number of nitrogens with one attached hydrogen (secondary N) is 2. The van der Waals surface area contributed by atoms with Crippen LogP contribution in [0.25, 0.3) is 0 Å². The highest BCUT2D eigenvalue weighted by atomic mass is 32.2. The highest BCUT2D eigenvalue weighted by Gasteiger charge is 2.11. The van der Waals surface area contributed by atoms with Gasteiger partial charge in [0.1, 0.15) is 11.6 Å². The van der Waals surface area contributed by atoms with Crippen LogP contribution in [0, 0.1) is 11.3 Å². The number of nitriles is 1. The lowest BCUT2D eigenvalue weighted by Gasteiger charge is -2.12. The number of nitrogens with zero attached hydrogens (tertiary/aromatic N) is 1. The normalized spacial score (nSPS) is 11.9. The Morgan fingerprint density at radius 3 is 2.38 bits per heavy atom. The minimum atomic E-state index is -3.80. The Labute approximate surface area is 140 Å². The maximum Gasteiger partial charge on any atom is 0.267 e. The van der Waals surface area contributed by atoms with Gasteiger partial charge in [-0.15, -0.1) is 0 Å². The van der Waals surface area contributed by atoms with E-state index >= 15 is 0 Å². The summed E-state index contributed by atoms with van der Waals surface area (Å²) in [6, 6.07) is 6.99. The molecule has 0 heterocycles. The third kappa shape index (κ3) is 5.98. The maximum atomic E-state index is 12.0. The molecule has 24 heavy (non-hydrogen) atoms. The number of hydrogen-bond donors (Lipinski definition) is 3. The lowest BCUT2D eigenvalue weighted by atomic mass is 10.2. The Kier molecular flexibility index (Phi) is 7.34. The molecule has 0 aromatic heterocycles. The van der Waals surface area contributed by atoms with Gasteiger partial charge < -0.3 is 20.1 Å². The van der Waals surface area contributed by atoms with Gasteiger partial charge in [-0.3, -0.25) is 4.79 Å². The van der Waals surface area contributed by atoms with Crippen molar-refractivity contribution in [2.24, 2.45) is 5.14 Å². The molecule has 9 nitrogen and oxygen atoms in total. The molecule has 1 rings (SSSR count). The van der Waals surface area contributed by atoms with Crippen LogP contribution in [0.5, 0.6) is 0 Å². The summed E-state index contributed by atoms with van der Waals surface area (Å²) in [6.07, 6.45) is 0.717. The van der Waals surface area contributed by atoms with Gasteiger partial charge in [-0.05, 0) is 24.3 Å². The number of benzene rings is 1. The van der Waals surface area contributed by atoms with Gasteiger partial charge in [0.15, 0.2) is 6.29 Å². The van der Waals surface area contributed by atoms with E-state index in [9.17, 15) is 13.2 Å². The fourth-order valence-corrected chi connectivity index (χ4v) is 2.11. The average molecular weight is 354 g/mol. The molecule has 0 bridgehead atoms. The van der Waals surface area contributed by atoms with E-state index in [4.69, 9.17) is 19.9 Å². The number of nitrogens with two attached hydrogens (primary N) is 1. The largest absolute Gasteiger partial charge is 0.385 e. The highest BCUT2D eigenvalue weighted by molar-refractivity contribution is 7.89. The molecule has 1 aromatic carbocycles. The molecule has 1 amide bonds. The fourth-order valence-electron chi connectivity index (χ4n) is 1.60. The summed E-state index contributed by atoms with van der Waals surface area (Å²) >= 11 is 0. The Hall–Kier alpha value is -2.45. The maximum absolute atomic E-state index is 12.0. The summed E-state index contributed by atoms with van der Waals surface area (Å²) in [5.41, 5.74) is 0.150. The molecule has 0 saturated carbocycles. The van der Waals surface area contributed by atoms with Gasteiger partial charge in [0.2, 0.25) is 10.0 Å². The lowest BCUT2D eigenvalue weighted by molar-refractivity contribution is -0.112. The van der Waals surface area contributed by atoms with Crippen LogP contribution in [-0.2, 0) is 24.3 Å². The fraction of sp³-hybridized carbons (Fsp3) is 0.286.